The Balaban J connectivity index is 2.12. The van der Waals surface area contributed by atoms with E-state index in [1.54, 1.807) is 0 Å². The van der Waals surface area contributed by atoms with Gasteiger partial charge in [0.2, 0.25) is 0 Å². The van der Waals surface area contributed by atoms with Gasteiger partial charge in [-0.2, -0.15) is 0 Å². The number of azide groups is 1. The number of halogens is 3. The molecule has 192 valence electrons. The normalized spacial score (nSPS) is 23.3. The van der Waals surface area contributed by atoms with Crippen molar-refractivity contribution in [3.8, 4) is 11.3 Å². The summed E-state index contributed by atoms with van der Waals surface area (Å²) in [5.74, 6) is -6.92. The van der Waals surface area contributed by atoms with Crippen molar-refractivity contribution in [2.24, 2.45) is 5.11 Å². The molecule has 0 spiro atoms. The van der Waals surface area contributed by atoms with Crippen LogP contribution in [0, 0.1) is 17.5 Å². The maximum absolute atomic E-state index is 13.7. The number of hydrogen-bond donors (Lipinski definition) is 0. The molecule has 0 amide bonds. The van der Waals surface area contributed by atoms with Crippen LogP contribution in [0.4, 0.5) is 13.2 Å². The van der Waals surface area contributed by atoms with E-state index in [0.717, 1.165) is 31.6 Å². The highest BCUT2D eigenvalue weighted by Crippen LogP contribution is 2.36. The number of benzene rings is 1. The van der Waals surface area contributed by atoms with E-state index in [9.17, 15) is 27.6 Å². The maximum atomic E-state index is 13.7. The molecular formula is C20H19F3N6O7. The molecule has 0 N–H and O–H groups in total. The van der Waals surface area contributed by atoms with E-state index >= 15 is 0 Å². The molecule has 5 atom stereocenters. The number of nitrogens with zero attached hydrogens (tertiary/aromatic N) is 6. The largest absolute Gasteiger partial charge is 0.463 e. The second-order valence-electron chi connectivity index (χ2n) is 7.55. The summed E-state index contributed by atoms with van der Waals surface area (Å²) in [5, 5.41) is 11.2. The predicted molar refractivity (Wildman–Crippen MR) is 110 cm³/mol. The van der Waals surface area contributed by atoms with Crippen LogP contribution in [0.2, 0.25) is 0 Å². The van der Waals surface area contributed by atoms with Crippen molar-refractivity contribution in [1.82, 2.24) is 15.0 Å². The molecule has 2 heterocycles. The second kappa shape index (κ2) is 11.0. The van der Waals surface area contributed by atoms with Crippen LogP contribution < -0.4 is 0 Å². The molecule has 1 saturated heterocycles. The second-order valence-corrected chi connectivity index (χ2v) is 7.55. The van der Waals surface area contributed by atoms with Crippen molar-refractivity contribution >= 4 is 17.9 Å². The van der Waals surface area contributed by atoms with Gasteiger partial charge in [0, 0.05) is 31.2 Å². The minimum Gasteiger partial charge on any atom is -0.463 e. The van der Waals surface area contributed by atoms with Crippen molar-refractivity contribution < 1.29 is 46.5 Å². The fourth-order valence-electron chi connectivity index (χ4n) is 3.60. The summed E-state index contributed by atoms with van der Waals surface area (Å²) in [6, 6.07) is 0.103. The Labute approximate surface area is 200 Å². The van der Waals surface area contributed by atoms with Gasteiger partial charge in [-0.05, 0) is 17.7 Å². The minimum absolute atomic E-state index is 0.126. The number of rotatable bonds is 7. The van der Waals surface area contributed by atoms with Crippen LogP contribution in [0.3, 0.4) is 0 Å². The quantitative estimate of drug-likeness (QED) is 0.135. The highest BCUT2D eigenvalue weighted by Gasteiger charge is 2.51. The van der Waals surface area contributed by atoms with Crippen molar-refractivity contribution in [3.05, 3.63) is 46.2 Å². The van der Waals surface area contributed by atoms with E-state index in [-0.39, 0.29) is 11.3 Å². The molecule has 16 heteroatoms. The van der Waals surface area contributed by atoms with Crippen LogP contribution in [0.5, 0.6) is 0 Å². The standard InChI is InChI=1S/C20H19F3N6O7/c1-8(30)33-7-15-18(34-9(2)31)17(19(35-10(3)32)20(36-15)26-27-24)29-6-14(25-28-29)11-4-12(21)16(23)13(22)5-11/h4-6,15,17-20H,7H2,1-3H3/t15-,17+,18+,19-,20?/m1/s1. The number of carbonyl (C=O) groups excluding carboxylic acids is 3. The van der Waals surface area contributed by atoms with Gasteiger partial charge in [0.05, 0.1) is 6.20 Å². The molecule has 13 nitrogen and oxygen atoms in total. The van der Waals surface area contributed by atoms with E-state index in [1.807, 2.05) is 0 Å². The van der Waals surface area contributed by atoms with Crippen LogP contribution in [0.1, 0.15) is 26.8 Å². The van der Waals surface area contributed by atoms with Crippen molar-refractivity contribution in [2.45, 2.75) is 51.4 Å². The van der Waals surface area contributed by atoms with E-state index in [2.05, 4.69) is 20.3 Å². The molecule has 1 aliphatic rings. The van der Waals surface area contributed by atoms with Gasteiger partial charge in [0.1, 0.15) is 24.4 Å². The molecular weight excluding hydrogens is 493 g/mol. The van der Waals surface area contributed by atoms with Crippen LogP contribution in [-0.4, -0.2) is 64.0 Å². The Bertz CT molecular complexity index is 1200. The fraction of sp³-hybridized carbons (Fsp3) is 0.450. The first-order valence-electron chi connectivity index (χ1n) is 10.3. The van der Waals surface area contributed by atoms with Gasteiger partial charge < -0.3 is 18.9 Å². The minimum atomic E-state index is -1.68. The molecule has 0 bridgehead atoms. The summed E-state index contributed by atoms with van der Waals surface area (Å²) >= 11 is 0. The van der Waals surface area contributed by atoms with E-state index in [0.29, 0.717) is 12.1 Å². The van der Waals surface area contributed by atoms with Crippen LogP contribution in [0.15, 0.2) is 23.4 Å². The monoisotopic (exact) mass is 512 g/mol. The number of hydrogen-bond acceptors (Lipinski definition) is 10. The Hall–Kier alpha value is -4.17. The zero-order valence-corrected chi connectivity index (χ0v) is 19.0. The van der Waals surface area contributed by atoms with Gasteiger partial charge in [0.15, 0.2) is 35.9 Å². The van der Waals surface area contributed by atoms with Crippen LogP contribution in [0.25, 0.3) is 21.7 Å². The molecule has 0 aliphatic carbocycles. The summed E-state index contributed by atoms with van der Waals surface area (Å²) < 4.78 is 63.2. The number of esters is 3. The maximum Gasteiger partial charge on any atom is 0.303 e. The third-order valence-electron chi connectivity index (χ3n) is 4.95. The fourth-order valence-corrected chi connectivity index (χ4v) is 3.60. The molecule has 1 fully saturated rings. The molecule has 2 aromatic rings. The predicted octanol–water partition coefficient (Wildman–Crippen LogP) is 2.37. The molecule has 0 radical (unpaired) electrons. The number of carbonyl (C=O) groups is 3. The Morgan fingerprint density at radius 3 is 2.25 bits per heavy atom. The summed E-state index contributed by atoms with van der Waals surface area (Å²) in [7, 11) is 0. The van der Waals surface area contributed by atoms with Gasteiger partial charge in [-0.1, -0.05) is 10.3 Å². The number of aromatic nitrogens is 3. The van der Waals surface area contributed by atoms with E-state index in [1.165, 1.54) is 0 Å². The third kappa shape index (κ3) is 5.90. The molecule has 3 rings (SSSR count). The van der Waals surface area contributed by atoms with Crippen molar-refractivity contribution in [2.75, 3.05) is 6.61 Å². The van der Waals surface area contributed by atoms with Gasteiger partial charge in [-0.25, -0.2) is 17.9 Å². The Morgan fingerprint density at radius 2 is 1.69 bits per heavy atom. The topological polar surface area (TPSA) is 168 Å². The molecule has 0 saturated carbocycles. The zero-order chi connectivity index (χ0) is 26.6. The van der Waals surface area contributed by atoms with Gasteiger partial charge in [-0.3, -0.25) is 14.4 Å². The first-order valence-corrected chi connectivity index (χ1v) is 10.3. The number of ether oxygens (including phenoxy) is 4. The van der Waals surface area contributed by atoms with Crippen LogP contribution >= 0.6 is 0 Å². The third-order valence-corrected chi connectivity index (χ3v) is 4.95. The first kappa shape index (κ1) is 26.4. The molecule has 36 heavy (non-hydrogen) atoms. The molecule has 1 aliphatic heterocycles. The lowest BCUT2D eigenvalue weighted by Gasteiger charge is -2.43. The summed E-state index contributed by atoms with van der Waals surface area (Å²) in [6.07, 6.45) is -4.34. The highest BCUT2D eigenvalue weighted by molar-refractivity contribution is 5.67. The van der Waals surface area contributed by atoms with Crippen molar-refractivity contribution in [1.29, 1.82) is 0 Å². The smallest absolute Gasteiger partial charge is 0.303 e. The van der Waals surface area contributed by atoms with E-state index < -0.39 is 72.5 Å². The SMILES string of the molecule is CC(=O)OC[C@H]1OC(N=[N+]=[N-])[C@H](OC(C)=O)[C@@H](n2cc(-c3cc(F)c(F)c(F)c3)nn2)[C@H]1OC(C)=O. The molecule has 1 aromatic carbocycles. The Morgan fingerprint density at radius 1 is 1.08 bits per heavy atom. The lowest BCUT2D eigenvalue weighted by molar-refractivity contribution is -0.227. The average molecular weight is 512 g/mol. The highest BCUT2D eigenvalue weighted by atomic mass is 19.2. The first-order chi connectivity index (χ1) is 17.0. The zero-order valence-electron chi connectivity index (χ0n) is 19.0. The Kier molecular flexibility index (Phi) is 8.11. The summed E-state index contributed by atoms with van der Waals surface area (Å²) in [6.45, 7) is 2.81. The summed E-state index contributed by atoms with van der Waals surface area (Å²) in [5.41, 5.74) is 8.70. The van der Waals surface area contributed by atoms with Gasteiger partial charge >= 0.3 is 17.9 Å². The lowest BCUT2D eigenvalue weighted by Crippen LogP contribution is -2.58. The lowest BCUT2D eigenvalue weighted by atomic mass is 9.95. The van der Waals surface area contributed by atoms with E-state index in [4.69, 9.17) is 24.5 Å². The van der Waals surface area contributed by atoms with Crippen molar-refractivity contribution in [3.63, 3.8) is 0 Å². The molecule has 1 aromatic heterocycles. The van der Waals surface area contributed by atoms with Crippen LogP contribution in [-0.2, 0) is 33.3 Å². The average Bonchev–Trinajstić information content (AvgIpc) is 3.27. The van der Waals surface area contributed by atoms with Gasteiger partial charge in [-0.15, -0.1) is 5.10 Å². The molecule has 1 unspecified atom stereocenters. The van der Waals surface area contributed by atoms with Gasteiger partial charge in [0.25, 0.3) is 0 Å². The summed E-state index contributed by atoms with van der Waals surface area (Å²) in [4.78, 5) is 37.8.